The fourth-order valence-corrected chi connectivity index (χ4v) is 3.16. The molecule has 0 aliphatic carbocycles. The lowest BCUT2D eigenvalue weighted by molar-refractivity contribution is 1.28. The molecule has 0 unspecified atom stereocenters. The maximum Gasteiger partial charge on any atom is 0.0907 e. The molecule has 78 valence electrons. The lowest BCUT2D eigenvalue weighted by atomic mass is 10.2. The van der Waals surface area contributed by atoms with Crippen LogP contribution in [0.3, 0.4) is 0 Å². The Labute approximate surface area is 98.2 Å². The summed E-state index contributed by atoms with van der Waals surface area (Å²) in [5, 5.41) is 1.13. The molecule has 1 aromatic heterocycles. The highest BCUT2D eigenvalue weighted by Gasteiger charge is 2.07. The van der Waals surface area contributed by atoms with Gasteiger partial charge in [0.05, 0.1) is 15.2 Å². The first-order valence-electron chi connectivity index (χ1n) is 4.78. The number of hydrogen-bond donors (Lipinski definition) is 0. The van der Waals surface area contributed by atoms with Crippen LogP contribution < -0.4 is 0 Å². The van der Waals surface area contributed by atoms with Crippen LogP contribution in [0, 0.1) is 13.8 Å². The highest BCUT2D eigenvalue weighted by Crippen LogP contribution is 2.34. The van der Waals surface area contributed by atoms with Crippen molar-refractivity contribution >= 4 is 33.3 Å². The fourth-order valence-electron chi connectivity index (χ4n) is 1.52. The second kappa shape index (κ2) is 3.99. The van der Waals surface area contributed by atoms with Gasteiger partial charge in [0.15, 0.2) is 0 Å². The molecular weight excluding hydrogens is 222 g/mol. The summed E-state index contributed by atoms with van der Waals surface area (Å²) in [4.78, 5) is 6.94. The van der Waals surface area contributed by atoms with Crippen LogP contribution in [0.1, 0.15) is 17.5 Å². The third kappa shape index (κ3) is 2.08. The summed E-state index contributed by atoms with van der Waals surface area (Å²) in [5.41, 5.74) is 2.41. The zero-order chi connectivity index (χ0) is 11.0. The summed E-state index contributed by atoms with van der Waals surface area (Å²) in [7, 11) is 0. The zero-order valence-corrected chi connectivity index (χ0v) is 10.8. The summed E-state index contributed by atoms with van der Waals surface area (Å²) in [6.07, 6.45) is 0. The van der Waals surface area contributed by atoms with Crippen molar-refractivity contribution in [3.05, 3.63) is 34.2 Å². The van der Waals surface area contributed by atoms with Gasteiger partial charge in [-0.05, 0) is 43.4 Å². The Hall–Kier alpha value is -0.800. The van der Waals surface area contributed by atoms with Crippen LogP contribution in [0.2, 0.25) is 0 Å². The van der Waals surface area contributed by atoms with E-state index in [9.17, 15) is 0 Å². The lowest BCUT2D eigenvalue weighted by Crippen LogP contribution is -1.82. The van der Waals surface area contributed by atoms with Gasteiger partial charge in [-0.2, -0.15) is 0 Å². The van der Waals surface area contributed by atoms with Gasteiger partial charge in [0, 0.05) is 4.90 Å². The number of nitrogens with zero attached hydrogens (tertiary/aromatic N) is 1. The van der Waals surface area contributed by atoms with Crippen molar-refractivity contribution in [1.82, 2.24) is 4.98 Å². The first-order valence-corrected chi connectivity index (χ1v) is 6.41. The molecule has 0 saturated carbocycles. The lowest BCUT2D eigenvalue weighted by Gasteiger charge is -2.04. The van der Waals surface area contributed by atoms with Crippen molar-refractivity contribution in [2.75, 3.05) is 0 Å². The molecular formula is C12H13NS2. The van der Waals surface area contributed by atoms with Gasteiger partial charge in [-0.25, -0.2) is 4.98 Å². The molecule has 0 bridgehead atoms. The zero-order valence-electron chi connectivity index (χ0n) is 9.13. The predicted octanol–water partition coefficient (Wildman–Crippen LogP) is 4.54. The molecule has 0 amide bonds. The van der Waals surface area contributed by atoms with Crippen LogP contribution >= 0.6 is 23.1 Å². The fraction of sp³-hybridized carbons (Fsp3) is 0.250. The van der Waals surface area contributed by atoms with E-state index in [1.165, 1.54) is 15.2 Å². The van der Waals surface area contributed by atoms with Crippen LogP contribution in [0.15, 0.2) is 28.5 Å². The third-order valence-corrected chi connectivity index (χ3v) is 4.10. The Kier molecular flexibility index (Phi) is 2.85. The molecule has 1 nitrogen and oxygen atoms in total. The number of aryl methyl sites for hydroxylation is 2. The van der Waals surface area contributed by atoms with Crippen molar-refractivity contribution in [2.24, 2.45) is 0 Å². The van der Waals surface area contributed by atoms with E-state index in [2.05, 4.69) is 37.5 Å². The van der Waals surface area contributed by atoms with E-state index in [1.54, 1.807) is 23.1 Å². The summed E-state index contributed by atoms with van der Waals surface area (Å²) >= 11 is 3.47. The predicted molar refractivity (Wildman–Crippen MR) is 69.8 cm³/mol. The summed E-state index contributed by atoms with van der Waals surface area (Å²) in [6.45, 7) is 10.1. The third-order valence-electron chi connectivity index (χ3n) is 2.16. The molecule has 0 aliphatic heterocycles. The average molecular weight is 235 g/mol. The summed E-state index contributed by atoms with van der Waals surface area (Å²) in [5.74, 6) is 0. The summed E-state index contributed by atoms with van der Waals surface area (Å²) < 4.78 is 1.27. The number of rotatable bonds is 2. The van der Waals surface area contributed by atoms with Gasteiger partial charge in [0.1, 0.15) is 0 Å². The maximum absolute atomic E-state index is 4.56. The molecule has 0 saturated heterocycles. The summed E-state index contributed by atoms with van der Waals surface area (Å²) in [6, 6.07) is 4.31. The van der Waals surface area contributed by atoms with Gasteiger partial charge in [-0.3, -0.25) is 0 Å². The standard InChI is InChI=1S/C12H13NS2/c1-7(2)14-10-5-6-11-12(8(10)3)13-9(4)15-11/h5-6H,1H2,2-4H3. The topological polar surface area (TPSA) is 12.9 Å². The minimum Gasteiger partial charge on any atom is -0.241 e. The SMILES string of the molecule is C=C(C)Sc1ccc2sc(C)nc2c1C. The van der Waals surface area contributed by atoms with Gasteiger partial charge in [-0.15, -0.1) is 11.3 Å². The molecule has 0 N–H and O–H groups in total. The van der Waals surface area contributed by atoms with E-state index in [1.807, 2.05) is 6.92 Å². The Morgan fingerprint density at radius 2 is 2.13 bits per heavy atom. The van der Waals surface area contributed by atoms with Crippen LogP contribution in [0.5, 0.6) is 0 Å². The van der Waals surface area contributed by atoms with Crippen molar-refractivity contribution in [3.63, 3.8) is 0 Å². The molecule has 0 aliphatic rings. The number of benzene rings is 1. The monoisotopic (exact) mass is 235 g/mol. The molecule has 0 radical (unpaired) electrons. The van der Waals surface area contributed by atoms with Crippen molar-refractivity contribution in [1.29, 1.82) is 0 Å². The van der Waals surface area contributed by atoms with Gasteiger partial charge in [-0.1, -0.05) is 18.3 Å². The number of hydrogen-bond acceptors (Lipinski definition) is 3. The van der Waals surface area contributed by atoms with E-state index in [4.69, 9.17) is 0 Å². The molecule has 1 heterocycles. The van der Waals surface area contributed by atoms with E-state index >= 15 is 0 Å². The first kappa shape index (κ1) is 10.7. The number of aromatic nitrogens is 1. The number of allylic oxidation sites excluding steroid dienone is 1. The van der Waals surface area contributed by atoms with E-state index in [0.29, 0.717) is 0 Å². The second-order valence-electron chi connectivity index (χ2n) is 3.57. The molecule has 2 aromatic rings. The normalized spacial score (nSPS) is 10.9. The van der Waals surface area contributed by atoms with E-state index < -0.39 is 0 Å². The van der Waals surface area contributed by atoms with E-state index in [-0.39, 0.29) is 0 Å². The number of thioether (sulfide) groups is 1. The molecule has 0 spiro atoms. The van der Waals surface area contributed by atoms with Crippen molar-refractivity contribution in [3.8, 4) is 0 Å². The molecule has 0 fully saturated rings. The van der Waals surface area contributed by atoms with Gasteiger partial charge in [0.25, 0.3) is 0 Å². The highest BCUT2D eigenvalue weighted by atomic mass is 32.2. The minimum absolute atomic E-state index is 1.12. The first-order chi connectivity index (χ1) is 7.08. The minimum atomic E-state index is 1.12. The molecule has 2 rings (SSSR count). The van der Waals surface area contributed by atoms with Crippen LogP contribution in [-0.2, 0) is 0 Å². The molecule has 0 atom stereocenters. The average Bonchev–Trinajstić information content (AvgIpc) is 2.51. The molecule has 15 heavy (non-hydrogen) atoms. The van der Waals surface area contributed by atoms with Crippen LogP contribution in [-0.4, -0.2) is 4.98 Å². The van der Waals surface area contributed by atoms with Crippen LogP contribution in [0.25, 0.3) is 10.2 Å². The second-order valence-corrected chi connectivity index (χ2v) is 6.15. The smallest absolute Gasteiger partial charge is 0.0907 e. The molecule has 3 heteroatoms. The molecule has 1 aromatic carbocycles. The number of thiazole rings is 1. The van der Waals surface area contributed by atoms with E-state index in [0.717, 1.165) is 15.4 Å². The Morgan fingerprint density at radius 3 is 2.80 bits per heavy atom. The quantitative estimate of drug-likeness (QED) is 0.709. The van der Waals surface area contributed by atoms with Gasteiger partial charge >= 0.3 is 0 Å². The van der Waals surface area contributed by atoms with Crippen molar-refractivity contribution < 1.29 is 0 Å². The maximum atomic E-state index is 4.56. The highest BCUT2D eigenvalue weighted by molar-refractivity contribution is 8.03. The van der Waals surface area contributed by atoms with Crippen LogP contribution in [0.4, 0.5) is 0 Å². The Bertz CT molecular complexity index is 526. The largest absolute Gasteiger partial charge is 0.241 e. The Balaban J connectivity index is 2.58. The van der Waals surface area contributed by atoms with Gasteiger partial charge in [0.2, 0.25) is 0 Å². The number of fused-ring (bicyclic) bond motifs is 1. The van der Waals surface area contributed by atoms with Gasteiger partial charge < -0.3 is 0 Å². The van der Waals surface area contributed by atoms with Crippen molar-refractivity contribution in [2.45, 2.75) is 25.7 Å². The Morgan fingerprint density at radius 1 is 1.40 bits per heavy atom.